The second-order valence-electron chi connectivity index (χ2n) is 3.28. The molecule has 1 aromatic carbocycles. The van der Waals surface area contributed by atoms with Gasteiger partial charge in [-0.15, -0.1) is 0 Å². The van der Waals surface area contributed by atoms with Gasteiger partial charge in [-0.25, -0.2) is 0 Å². The van der Waals surface area contributed by atoms with Crippen LogP contribution in [-0.4, -0.2) is 11.2 Å². The van der Waals surface area contributed by atoms with E-state index in [-0.39, 0.29) is 6.04 Å². The van der Waals surface area contributed by atoms with Crippen LogP contribution in [0.1, 0.15) is 24.1 Å². The van der Waals surface area contributed by atoms with Crippen molar-refractivity contribution in [2.24, 2.45) is 5.73 Å². The molecule has 0 aliphatic heterocycles. The summed E-state index contributed by atoms with van der Waals surface area (Å²) in [6.45, 7) is 3.76. The van der Waals surface area contributed by atoms with Crippen LogP contribution in [0.3, 0.4) is 0 Å². The molecule has 0 aliphatic rings. The van der Waals surface area contributed by atoms with E-state index in [0.29, 0.717) is 0 Å². The molecule has 0 spiro atoms. The average molecular weight is 291 g/mol. The Balaban J connectivity index is 2.97. The van der Waals surface area contributed by atoms with Crippen molar-refractivity contribution >= 4 is 22.6 Å². The summed E-state index contributed by atoms with van der Waals surface area (Å²) in [6.07, 6.45) is -0.501. The third-order valence-corrected chi connectivity index (χ3v) is 3.26. The van der Waals surface area contributed by atoms with Gasteiger partial charge in [-0.3, -0.25) is 0 Å². The van der Waals surface area contributed by atoms with Crippen molar-refractivity contribution in [3.8, 4) is 0 Å². The first kappa shape index (κ1) is 10.9. The molecule has 0 saturated carbocycles. The van der Waals surface area contributed by atoms with Crippen molar-refractivity contribution in [1.82, 2.24) is 0 Å². The van der Waals surface area contributed by atoms with Crippen molar-refractivity contribution < 1.29 is 5.11 Å². The highest BCUT2D eigenvalue weighted by Gasteiger charge is 2.12. The maximum atomic E-state index is 9.31. The van der Waals surface area contributed by atoms with Gasteiger partial charge in [0, 0.05) is 3.57 Å². The van der Waals surface area contributed by atoms with Crippen molar-refractivity contribution in [3.63, 3.8) is 0 Å². The van der Waals surface area contributed by atoms with E-state index in [0.717, 1.165) is 5.56 Å². The molecule has 2 nitrogen and oxygen atoms in total. The predicted octanol–water partition coefficient (Wildman–Crippen LogP) is 1.98. The SMILES string of the molecule is Cc1ccc([C@H](N)C(C)O)cc1I. The lowest BCUT2D eigenvalue weighted by molar-refractivity contribution is 0.164. The average Bonchev–Trinajstić information content (AvgIpc) is 2.08. The van der Waals surface area contributed by atoms with Gasteiger partial charge >= 0.3 is 0 Å². The van der Waals surface area contributed by atoms with Gasteiger partial charge in [-0.1, -0.05) is 12.1 Å². The Morgan fingerprint density at radius 2 is 2.08 bits per heavy atom. The largest absolute Gasteiger partial charge is 0.391 e. The third-order valence-electron chi connectivity index (χ3n) is 2.10. The summed E-state index contributed by atoms with van der Waals surface area (Å²) < 4.78 is 1.19. The van der Waals surface area contributed by atoms with E-state index < -0.39 is 6.10 Å². The standard InChI is InChI=1S/C10H14INO/c1-6-3-4-8(5-9(6)11)10(12)7(2)13/h3-5,7,10,13H,12H2,1-2H3/t7?,10-/m1/s1. The van der Waals surface area contributed by atoms with Gasteiger partial charge in [0.15, 0.2) is 0 Å². The second kappa shape index (κ2) is 4.39. The van der Waals surface area contributed by atoms with Crippen molar-refractivity contribution in [2.45, 2.75) is 26.0 Å². The van der Waals surface area contributed by atoms with Crippen LogP contribution in [0.2, 0.25) is 0 Å². The lowest BCUT2D eigenvalue weighted by Gasteiger charge is -2.15. The monoisotopic (exact) mass is 291 g/mol. The molecule has 0 aliphatic carbocycles. The zero-order chi connectivity index (χ0) is 10.0. The molecular formula is C10H14INO. The molecule has 3 heteroatoms. The van der Waals surface area contributed by atoms with Crippen LogP contribution < -0.4 is 5.73 Å². The minimum atomic E-state index is -0.501. The molecule has 0 radical (unpaired) electrons. The predicted molar refractivity (Wildman–Crippen MR) is 62.5 cm³/mol. The van der Waals surface area contributed by atoms with E-state index in [1.807, 2.05) is 18.2 Å². The van der Waals surface area contributed by atoms with E-state index in [1.165, 1.54) is 9.13 Å². The van der Waals surface area contributed by atoms with Gasteiger partial charge in [0.1, 0.15) is 0 Å². The van der Waals surface area contributed by atoms with Crippen LogP contribution in [0, 0.1) is 10.5 Å². The molecule has 0 amide bonds. The maximum Gasteiger partial charge on any atom is 0.0704 e. The Bertz CT molecular complexity index is 299. The number of rotatable bonds is 2. The Hall–Kier alpha value is -0.130. The fraction of sp³-hybridized carbons (Fsp3) is 0.400. The minimum Gasteiger partial charge on any atom is -0.391 e. The van der Waals surface area contributed by atoms with E-state index in [1.54, 1.807) is 6.92 Å². The van der Waals surface area contributed by atoms with E-state index >= 15 is 0 Å². The normalized spacial score (nSPS) is 15.5. The van der Waals surface area contributed by atoms with E-state index in [4.69, 9.17) is 5.73 Å². The van der Waals surface area contributed by atoms with Crippen LogP contribution >= 0.6 is 22.6 Å². The zero-order valence-electron chi connectivity index (χ0n) is 7.79. The quantitative estimate of drug-likeness (QED) is 0.818. The number of hydrogen-bond acceptors (Lipinski definition) is 2. The number of aliphatic hydroxyl groups is 1. The van der Waals surface area contributed by atoms with Crippen LogP contribution in [0.15, 0.2) is 18.2 Å². The van der Waals surface area contributed by atoms with Crippen molar-refractivity contribution in [2.75, 3.05) is 0 Å². The summed E-state index contributed by atoms with van der Waals surface area (Å²) >= 11 is 2.27. The lowest BCUT2D eigenvalue weighted by Crippen LogP contribution is -2.23. The summed E-state index contributed by atoms with van der Waals surface area (Å²) in [7, 11) is 0. The molecular weight excluding hydrogens is 277 g/mol. The van der Waals surface area contributed by atoms with Crippen molar-refractivity contribution in [3.05, 3.63) is 32.9 Å². The molecule has 0 fully saturated rings. The number of benzene rings is 1. The van der Waals surface area contributed by atoms with Gasteiger partial charge in [0.2, 0.25) is 0 Å². The highest BCUT2D eigenvalue weighted by molar-refractivity contribution is 14.1. The lowest BCUT2D eigenvalue weighted by atomic mass is 10.0. The number of aryl methyl sites for hydroxylation is 1. The summed E-state index contributed by atoms with van der Waals surface area (Å²) in [5, 5.41) is 9.31. The minimum absolute atomic E-state index is 0.283. The first-order chi connectivity index (χ1) is 6.02. The van der Waals surface area contributed by atoms with Gasteiger partial charge in [0.25, 0.3) is 0 Å². The molecule has 1 rings (SSSR count). The van der Waals surface area contributed by atoms with Crippen molar-refractivity contribution in [1.29, 1.82) is 0 Å². The molecule has 1 unspecified atom stereocenters. The first-order valence-corrected chi connectivity index (χ1v) is 5.30. The maximum absolute atomic E-state index is 9.31. The summed E-state index contributed by atoms with van der Waals surface area (Å²) in [6, 6.07) is 5.73. The summed E-state index contributed by atoms with van der Waals surface area (Å²) in [4.78, 5) is 0. The summed E-state index contributed by atoms with van der Waals surface area (Å²) in [5.74, 6) is 0. The van der Waals surface area contributed by atoms with Gasteiger partial charge in [-0.2, -0.15) is 0 Å². The number of aliphatic hydroxyl groups excluding tert-OH is 1. The Morgan fingerprint density at radius 1 is 1.46 bits per heavy atom. The van der Waals surface area contributed by atoms with Crippen LogP contribution in [0.5, 0.6) is 0 Å². The molecule has 0 heterocycles. The molecule has 1 aromatic rings. The highest BCUT2D eigenvalue weighted by atomic mass is 127. The topological polar surface area (TPSA) is 46.2 Å². The molecule has 0 aromatic heterocycles. The highest BCUT2D eigenvalue weighted by Crippen LogP contribution is 2.19. The van der Waals surface area contributed by atoms with E-state index in [2.05, 4.69) is 29.5 Å². The van der Waals surface area contributed by atoms with Crippen LogP contribution in [-0.2, 0) is 0 Å². The molecule has 13 heavy (non-hydrogen) atoms. The Morgan fingerprint density at radius 3 is 2.54 bits per heavy atom. The number of halogens is 1. The number of hydrogen-bond donors (Lipinski definition) is 2. The second-order valence-corrected chi connectivity index (χ2v) is 4.44. The molecule has 3 N–H and O–H groups in total. The van der Waals surface area contributed by atoms with Gasteiger partial charge < -0.3 is 10.8 Å². The van der Waals surface area contributed by atoms with Gasteiger partial charge in [-0.05, 0) is 53.6 Å². The Labute approximate surface area is 92.3 Å². The van der Waals surface area contributed by atoms with Crippen LogP contribution in [0.4, 0.5) is 0 Å². The van der Waals surface area contributed by atoms with E-state index in [9.17, 15) is 5.11 Å². The van der Waals surface area contributed by atoms with Gasteiger partial charge in [0.05, 0.1) is 12.1 Å². The molecule has 2 atom stereocenters. The zero-order valence-corrected chi connectivity index (χ0v) is 9.95. The Kier molecular flexibility index (Phi) is 3.70. The first-order valence-electron chi connectivity index (χ1n) is 4.22. The molecule has 0 saturated heterocycles. The smallest absolute Gasteiger partial charge is 0.0704 e. The molecule has 0 bridgehead atoms. The fourth-order valence-corrected chi connectivity index (χ4v) is 1.63. The third kappa shape index (κ3) is 2.65. The molecule has 72 valence electrons. The fourth-order valence-electron chi connectivity index (χ4n) is 1.09. The van der Waals surface area contributed by atoms with Crippen LogP contribution in [0.25, 0.3) is 0 Å². The number of nitrogens with two attached hydrogens (primary N) is 1. The summed E-state index contributed by atoms with van der Waals surface area (Å²) in [5.41, 5.74) is 8.03.